The maximum absolute atomic E-state index is 12.7. The van der Waals surface area contributed by atoms with Gasteiger partial charge in [-0.3, -0.25) is 19.8 Å². The zero-order valence-corrected chi connectivity index (χ0v) is 13.0. The van der Waals surface area contributed by atoms with Crippen molar-refractivity contribution in [1.29, 1.82) is 0 Å². The molecule has 1 fully saturated rings. The Labute approximate surface area is 134 Å². The number of nitro groups is 1. The van der Waals surface area contributed by atoms with E-state index in [1.165, 1.54) is 12.1 Å². The van der Waals surface area contributed by atoms with E-state index < -0.39 is 4.92 Å². The number of nitro benzene ring substituents is 1. The zero-order chi connectivity index (χ0) is 16.6. The van der Waals surface area contributed by atoms with Gasteiger partial charge >= 0.3 is 0 Å². The van der Waals surface area contributed by atoms with Crippen molar-refractivity contribution in [3.63, 3.8) is 0 Å². The lowest BCUT2D eigenvalue weighted by atomic mass is 10.0. The van der Waals surface area contributed by atoms with Gasteiger partial charge in [-0.1, -0.05) is 42.5 Å². The molecule has 1 unspecified atom stereocenters. The van der Waals surface area contributed by atoms with Crippen LogP contribution in [0.25, 0.3) is 0 Å². The van der Waals surface area contributed by atoms with Gasteiger partial charge in [0.1, 0.15) is 0 Å². The number of Topliss-reactive ketones (excluding diaryl/α,β-unsaturated/α-hetero) is 1. The average molecular weight is 310 g/mol. The molecular formula is C18H18N2O3. The predicted octanol–water partition coefficient (Wildman–Crippen LogP) is 3.61. The molecule has 23 heavy (non-hydrogen) atoms. The number of rotatable bonds is 5. The molecule has 2 aromatic carbocycles. The van der Waals surface area contributed by atoms with E-state index in [4.69, 9.17) is 0 Å². The van der Waals surface area contributed by atoms with E-state index in [9.17, 15) is 14.9 Å². The maximum Gasteiger partial charge on any atom is 0.269 e. The second-order valence-corrected chi connectivity index (χ2v) is 6.01. The van der Waals surface area contributed by atoms with Gasteiger partial charge in [0.05, 0.1) is 17.0 Å². The van der Waals surface area contributed by atoms with E-state index in [1.807, 2.05) is 30.3 Å². The number of hydrogen-bond donors (Lipinski definition) is 0. The fourth-order valence-corrected chi connectivity index (χ4v) is 3.09. The van der Waals surface area contributed by atoms with Crippen LogP contribution in [0.2, 0.25) is 0 Å². The standard InChI is InChI=1S/C18H18N2O3/c1-12(2)19-16(13-8-10-15(11-9-13)20(22)23)17(19)18(21)14-6-4-3-5-7-14/h3-12,16-17H,1-2H3/t16-,17-,19?/m1/s1. The van der Waals surface area contributed by atoms with Crippen molar-refractivity contribution in [1.82, 2.24) is 4.90 Å². The van der Waals surface area contributed by atoms with Crippen molar-refractivity contribution in [2.75, 3.05) is 0 Å². The van der Waals surface area contributed by atoms with Gasteiger partial charge in [-0.25, -0.2) is 0 Å². The Morgan fingerprint density at radius 1 is 1.09 bits per heavy atom. The molecule has 1 heterocycles. The van der Waals surface area contributed by atoms with E-state index in [0.29, 0.717) is 5.56 Å². The summed E-state index contributed by atoms with van der Waals surface area (Å²) in [5.74, 6) is 0.0997. The van der Waals surface area contributed by atoms with Gasteiger partial charge in [0.25, 0.3) is 5.69 Å². The minimum Gasteiger partial charge on any atom is -0.292 e. The highest BCUT2D eigenvalue weighted by molar-refractivity contribution is 6.02. The van der Waals surface area contributed by atoms with Crippen LogP contribution in [0, 0.1) is 10.1 Å². The Hall–Kier alpha value is -2.53. The molecule has 1 saturated heterocycles. The summed E-state index contributed by atoms with van der Waals surface area (Å²) in [6.07, 6.45) is 0. The summed E-state index contributed by atoms with van der Waals surface area (Å²) < 4.78 is 0. The number of nitrogens with zero attached hydrogens (tertiary/aromatic N) is 2. The van der Waals surface area contributed by atoms with E-state index in [1.54, 1.807) is 12.1 Å². The summed E-state index contributed by atoms with van der Waals surface area (Å²) in [6, 6.07) is 15.8. The van der Waals surface area contributed by atoms with Gasteiger partial charge in [-0.05, 0) is 19.4 Å². The number of ketones is 1. The monoisotopic (exact) mass is 310 g/mol. The van der Waals surface area contributed by atoms with Crippen molar-refractivity contribution in [3.05, 3.63) is 75.8 Å². The Kier molecular flexibility index (Phi) is 3.96. The number of benzene rings is 2. The summed E-state index contributed by atoms with van der Waals surface area (Å²) in [5.41, 5.74) is 1.71. The minimum atomic E-state index is -0.413. The molecule has 0 N–H and O–H groups in total. The molecule has 0 aromatic heterocycles. The Bertz CT molecular complexity index is 726. The summed E-state index contributed by atoms with van der Waals surface area (Å²) in [4.78, 5) is 25.2. The molecule has 5 nitrogen and oxygen atoms in total. The van der Waals surface area contributed by atoms with Crippen LogP contribution in [-0.4, -0.2) is 27.7 Å². The van der Waals surface area contributed by atoms with E-state index in [-0.39, 0.29) is 29.6 Å². The third-order valence-electron chi connectivity index (χ3n) is 4.22. The molecule has 0 saturated carbocycles. The SMILES string of the molecule is CC(C)N1[C@H](c2ccc([N+](=O)[O-])cc2)[C@@H]1C(=O)c1ccccc1. The first-order chi connectivity index (χ1) is 11.0. The largest absolute Gasteiger partial charge is 0.292 e. The van der Waals surface area contributed by atoms with Gasteiger partial charge in [0.15, 0.2) is 5.78 Å². The molecule has 3 atom stereocenters. The third-order valence-corrected chi connectivity index (χ3v) is 4.22. The molecule has 1 aliphatic rings. The molecule has 0 amide bonds. The van der Waals surface area contributed by atoms with Crippen molar-refractivity contribution in [3.8, 4) is 0 Å². The average Bonchev–Trinajstić information content (AvgIpc) is 3.31. The molecule has 0 spiro atoms. The quantitative estimate of drug-likeness (QED) is 0.366. The molecule has 1 aliphatic heterocycles. The molecule has 2 aromatic rings. The third kappa shape index (κ3) is 2.87. The Balaban J connectivity index is 1.86. The van der Waals surface area contributed by atoms with E-state index in [2.05, 4.69) is 18.7 Å². The Morgan fingerprint density at radius 2 is 1.70 bits per heavy atom. The second kappa shape index (κ2) is 5.93. The Morgan fingerprint density at radius 3 is 2.22 bits per heavy atom. The first kappa shape index (κ1) is 15.4. The van der Waals surface area contributed by atoms with Gasteiger partial charge in [0, 0.05) is 23.7 Å². The fraction of sp³-hybridized carbons (Fsp3) is 0.278. The minimum absolute atomic E-state index is 0.0106. The molecule has 0 radical (unpaired) electrons. The van der Waals surface area contributed by atoms with Gasteiger partial charge < -0.3 is 0 Å². The van der Waals surface area contributed by atoms with Crippen molar-refractivity contribution in [2.24, 2.45) is 0 Å². The predicted molar refractivity (Wildman–Crippen MR) is 87.4 cm³/mol. The fourth-order valence-electron chi connectivity index (χ4n) is 3.09. The number of hydrogen-bond acceptors (Lipinski definition) is 4. The van der Waals surface area contributed by atoms with Gasteiger partial charge in [0.2, 0.25) is 0 Å². The number of non-ortho nitro benzene ring substituents is 1. The molecule has 5 heteroatoms. The highest BCUT2D eigenvalue weighted by atomic mass is 16.6. The topological polar surface area (TPSA) is 63.2 Å². The van der Waals surface area contributed by atoms with E-state index in [0.717, 1.165) is 5.56 Å². The zero-order valence-electron chi connectivity index (χ0n) is 13.0. The van der Waals surface area contributed by atoms with Crippen molar-refractivity contribution < 1.29 is 9.72 Å². The molecule has 0 aliphatic carbocycles. The van der Waals surface area contributed by atoms with Crippen LogP contribution in [0.15, 0.2) is 54.6 Å². The first-order valence-corrected chi connectivity index (χ1v) is 7.61. The summed E-state index contributed by atoms with van der Waals surface area (Å²) in [5, 5.41) is 10.8. The molecular weight excluding hydrogens is 292 g/mol. The summed E-state index contributed by atoms with van der Waals surface area (Å²) in [6.45, 7) is 4.10. The smallest absolute Gasteiger partial charge is 0.269 e. The van der Waals surface area contributed by atoms with Crippen molar-refractivity contribution >= 4 is 11.5 Å². The number of carbonyl (C=O) groups is 1. The number of carbonyl (C=O) groups excluding carboxylic acids is 1. The van der Waals surface area contributed by atoms with Crippen LogP contribution in [0.3, 0.4) is 0 Å². The van der Waals surface area contributed by atoms with E-state index >= 15 is 0 Å². The van der Waals surface area contributed by atoms with Crippen LogP contribution in [0.4, 0.5) is 5.69 Å². The lowest BCUT2D eigenvalue weighted by Crippen LogP contribution is -2.18. The summed E-state index contributed by atoms with van der Waals surface area (Å²) in [7, 11) is 0. The first-order valence-electron chi connectivity index (χ1n) is 7.61. The normalized spacial score (nSPS) is 22.8. The lowest BCUT2D eigenvalue weighted by molar-refractivity contribution is -0.384. The van der Waals surface area contributed by atoms with Gasteiger partial charge in [-0.15, -0.1) is 0 Å². The van der Waals surface area contributed by atoms with Crippen LogP contribution < -0.4 is 0 Å². The van der Waals surface area contributed by atoms with Crippen LogP contribution in [0.5, 0.6) is 0 Å². The van der Waals surface area contributed by atoms with Crippen molar-refractivity contribution in [2.45, 2.75) is 32.0 Å². The van der Waals surface area contributed by atoms with Crippen LogP contribution >= 0.6 is 0 Å². The van der Waals surface area contributed by atoms with Crippen LogP contribution in [-0.2, 0) is 0 Å². The molecule has 0 bridgehead atoms. The maximum atomic E-state index is 12.7. The highest BCUT2D eigenvalue weighted by Gasteiger charge is 2.54. The molecule has 118 valence electrons. The van der Waals surface area contributed by atoms with Crippen LogP contribution in [0.1, 0.15) is 35.8 Å². The summed E-state index contributed by atoms with van der Waals surface area (Å²) >= 11 is 0. The molecule has 3 rings (SSSR count). The van der Waals surface area contributed by atoms with Gasteiger partial charge in [-0.2, -0.15) is 0 Å². The second-order valence-electron chi connectivity index (χ2n) is 6.01. The highest BCUT2D eigenvalue weighted by Crippen LogP contribution is 2.46. The lowest BCUT2D eigenvalue weighted by Gasteiger charge is -2.07.